The van der Waals surface area contributed by atoms with Crippen LogP contribution in [0, 0.1) is 0 Å². The summed E-state index contributed by atoms with van der Waals surface area (Å²) in [4.78, 5) is 0. The van der Waals surface area contributed by atoms with E-state index in [1.54, 1.807) is 0 Å². The maximum Gasteiger partial charge on any atom is 0.0785 e. The molecule has 0 aliphatic carbocycles. The first-order valence-electron chi connectivity index (χ1n) is 14.6. The van der Waals surface area contributed by atoms with Gasteiger partial charge in [0.1, 0.15) is 0 Å². The van der Waals surface area contributed by atoms with Crippen molar-refractivity contribution in [2.24, 2.45) is 0 Å². The van der Waals surface area contributed by atoms with Crippen molar-refractivity contribution in [3.8, 4) is 0 Å². The summed E-state index contributed by atoms with van der Waals surface area (Å²) < 4.78 is 1.24. The van der Waals surface area contributed by atoms with Gasteiger partial charge in [-0.25, -0.2) is 0 Å². The molecule has 0 aliphatic heterocycles. The van der Waals surface area contributed by atoms with Gasteiger partial charge in [-0.3, -0.25) is 0 Å². The van der Waals surface area contributed by atoms with E-state index < -0.39 is 0 Å². The molecule has 0 aromatic rings. The second-order valence-electron chi connectivity index (χ2n) is 10.6. The van der Waals surface area contributed by atoms with Crippen molar-refractivity contribution >= 4 is 0 Å². The first-order chi connectivity index (χ1) is 15.2. The Hall–Kier alpha value is -0.0800. The molecule has 0 heterocycles. The van der Waals surface area contributed by atoms with E-state index in [2.05, 4.69) is 20.9 Å². The summed E-state index contributed by atoms with van der Waals surface area (Å²) in [5, 5.41) is 9.19. The van der Waals surface area contributed by atoms with Gasteiger partial charge in [0.25, 0.3) is 0 Å². The fraction of sp³-hybridized carbons (Fsp3) is 1.00. The van der Waals surface area contributed by atoms with Gasteiger partial charge in [0, 0.05) is 6.61 Å². The maximum atomic E-state index is 9.19. The standard InChI is InChI=1S/C29H62NO/c1-4-6-8-10-12-14-16-18-20-22-26-30(3,28-24-25-29-31)27-23-21-19-17-15-13-11-9-7-5-2/h31H,4-29H2,1-3H3/q+1. The average Bonchev–Trinajstić information content (AvgIpc) is 2.76. The van der Waals surface area contributed by atoms with Gasteiger partial charge in [-0.05, 0) is 38.5 Å². The van der Waals surface area contributed by atoms with Crippen molar-refractivity contribution < 1.29 is 9.59 Å². The summed E-state index contributed by atoms with van der Waals surface area (Å²) in [5.74, 6) is 0. The minimum Gasteiger partial charge on any atom is -0.396 e. The van der Waals surface area contributed by atoms with Crippen LogP contribution < -0.4 is 0 Å². The summed E-state index contributed by atoms with van der Waals surface area (Å²) in [5.41, 5.74) is 0. The van der Waals surface area contributed by atoms with Gasteiger partial charge in [-0.2, -0.15) is 0 Å². The Kier molecular flexibility index (Phi) is 24.5. The Balaban J connectivity index is 3.81. The summed E-state index contributed by atoms with van der Waals surface area (Å²) in [7, 11) is 2.48. The van der Waals surface area contributed by atoms with Crippen molar-refractivity contribution in [1.82, 2.24) is 0 Å². The lowest BCUT2D eigenvalue weighted by molar-refractivity contribution is -0.910. The monoisotopic (exact) mass is 440 g/mol. The number of unbranched alkanes of at least 4 members (excludes halogenated alkanes) is 19. The SMILES string of the molecule is CCCCCCCCCCCC[N+](C)(CCCCO)CCCCCCCCCCCC. The summed E-state index contributed by atoms with van der Waals surface area (Å²) in [6.07, 6.45) is 30.7. The van der Waals surface area contributed by atoms with E-state index in [1.165, 1.54) is 159 Å². The molecular weight excluding hydrogens is 378 g/mol. The molecule has 0 spiro atoms. The molecule has 0 aromatic carbocycles. The molecular formula is C29H62NO+. The molecule has 0 atom stereocenters. The highest BCUT2D eigenvalue weighted by Gasteiger charge is 2.20. The quantitative estimate of drug-likeness (QED) is 0.105. The van der Waals surface area contributed by atoms with E-state index in [0.717, 1.165) is 6.42 Å². The van der Waals surface area contributed by atoms with E-state index in [9.17, 15) is 5.11 Å². The number of hydrogen-bond acceptors (Lipinski definition) is 1. The van der Waals surface area contributed by atoms with Gasteiger partial charge in [-0.1, -0.05) is 117 Å². The molecule has 1 N–H and O–H groups in total. The first-order valence-corrected chi connectivity index (χ1v) is 14.6. The zero-order valence-electron chi connectivity index (χ0n) is 22.3. The topological polar surface area (TPSA) is 20.2 Å². The molecule has 0 aliphatic rings. The predicted molar refractivity (Wildman–Crippen MR) is 141 cm³/mol. The molecule has 2 heteroatoms. The number of nitrogens with zero attached hydrogens (tertiary/aromatic N) is 1. The van der Waals surface area contributed by atoms with E-state index in [-0.39, 0.29) is 0 Å². The van der Waals surface area contributed by atoms with Crippen molar-refractivity contribution in [3.05, 3.63) is 0 Å². The van der Waals surface area contributed by atoms with E-state index in [0.29, 0.717) is 6.61 Å². The molecule has 0 saturated carbocycles. The number of hydrogen-bond donors (Lipinski definition) is 1. The third kappa shape index (κ3) is 22.9. The number of aliphatic hydroxyl groups is 1. The zero-order chi connectivity index (χ0) is 22.9. The molecule has 0 saturated heterocycles. The van der Waals surface area contributed by atoms with Crippen LogP contribution in [0.4, 0.5) is 0 Å². The third-order valence-electron chi connectivity index (χ3n) is 7.21. The van der Waals surface area contributed by atoms with Crippen molar-refractivity contribution in [2.75, 3.05) is 33.3 Å². The van der Waals surface area contributed by atoms with Crippen LogP contribution in [-0.2, 0) is 0 Å². The average molecular weight is 441 g/mol. The fourth-order valence-electron chi connectivity index (χ4n) is 4.90. The van der Waals surface area contributed by atoms with Crippen molar-refractivity contribution in [3.63, 3.8) is 0 Å². The van der Waals surface area contributed by atoms with Crippen LogP contribution in [0.2, 0.25) is 0 Å². The number of aliphatic hydroxyl groups excluding tert-OH is 1. The normalized spacial score (nSPS) is 12.0. The number of quaternary nitrogens is 1. The van der Waals surface area contributed by atoms with Crippen molar-refractivity contribution in [2.45, 2.75) is 155 Å². The van der Waals surface area contributed by atoms with Gasteiger partial charge < -0.3 is 9.59 Å². The minimum absolute atomic E-state index is 0.358. The number of rotatable bonds is 26. The van der Waals surface area contributed by atoms with Gasteiger partial charge in [0.05, 0.1) is 26.7 Å². The largest absolute Gasteiger partial charge is 0.396 e. The Morgan fingerprint density at radius 2 is 0.645 bits per heavy atom. The second kappa shape index (κ2) is 24.6. The molecule has 0 aromatic heterocycles. The molecule has 31 heavy (non-hydrogen) atoms. The highest BCUT2D eigenvalue weighted by Crippen LogP contribution is 2.16. The zero-order valence-corrected chi connectivity index (χ0v) is 22.3. The second-order valence-corrected chi connectivity index (χ2v) is 10.6. The lowest BCUT2D eigenvalue weighted by Gasteiger charge is -2.35. The Morgan fingerprint density at radius 1 is 0.387 bits per heavy atom. The lowest BCUT2D eigenvalue weighted by Crippen LogP contribution is -2.46. The molecule has 0 rings (SSSR count). The van der Waals surface area contributed by atoms with Crippen LogP contribution in [-0.4, -0.2) is 42.9 Å². The molecule has 0 unspecified atom stereocenters. The fourth-order valence-corrected chi connectivity index (χ4v) is 4.90. The van der Waals surface area contributed by atoms with Crippen LogP contribution in [0.25, 0.3) is 0 Å². The lowest BCUT2D eigenvalue weighted by atomic mass is 10.1. The Labute approximate surface area is 198 Å². The maximum absolute atomic E-state index is 9.19. The highest BCUT2D eigenvalue weighted by molar-refractivity contribution is 4.51. The summed E-state index contributed by atoms with van der Waals surface area (Å²) in [6, 6.07) is 0. The van der Waals surface area contributed by atoms with Crippen LogP contribution in [0.3, 0.4) is 0 Å². The third-order valence-corrected chi connectivity index (χ3v) is 7.21. The van der Waals surface area contributed by atoms with Gasteiger partial charge >= 0.3 is 0 Å². The Bertz CT molecular complexity index is 307. The molecule has 0 amide bonds. The highest BCUT2D eigenvalue weighted by atomic mass is 16.2. The van der Waals surface area contributed by atoms with Crippen LogP contribution in [0.5, 0.6) is 0 Å². The predicted octanol–water partition coefficient (Wildman–Crippen LogP) is 9.05. The van der Waals surface area contributed by atoms with Gasteiger partial charge in [-0.15, -0.1) is 0 Å². The first kappa shape index (κ1) is 30.9. The molecule has 0 fully saturated rings. The molecule has 0 bridgehead atoms. The molecule has 0 radical (unpaired) electrons. The van der Waals surface area contributed by atoms with Crippen LogP contribution in [0.1, 0.15) is 155 Å². The smallest absolute Gasteiger partial charge is 0.0785 e. The molecule has 2 nitrogen and oxygen atoms in total. The van der Waals surface area contributed by atoms with E-state index in [1.807, 2.05) is 0 Å². The Morgan fingerprint density at radius 3 is 0.935 bits per heavy atom. The van der Waals surface area contributed by atoms with Gasteiger partial charge in [0.15, 0.2) is 0 Å². The van der Waals surface area contributed by atoms with E-state index >= 15 is 0 Å². The van der Waals surface area contributed by atoms with Gasteiger partial charge in [0.2, 0.25) is 0 Å². The summed E-state index contributed by atoms with van der Waals surface area (Å²) >= 11 is 0. The summed E-state index contributed by atoms with van der Waals surface area (Å²) in [6.45, 7) is 8.91. The van der Waals surface area contributed by atoms with Crippen LogP contribution in [0.15, 0.2) is 0 Å². The van der Waals surface area contributed by atoms with E-state index in [4.69, 9.17) is 0 Å². The van der Waals surface area contributed by atoms with Crippen LogP contribution >= 0.6 is 0 Å². The minimum atomic E-state index is 0.358. The van der Waals surface area contributed by atoms with Crippen molar-refractivity contribution in [1.29, 1.82) is 0 Å². The molecule has 188 valence electrons.